The van der Waals surface area contributed by atoms with Crippen LogP contribution in [-0.4, -0.2) is 48.3 Å². The van der Waals surface area contributed by atoms with E-state index in [2.05, 4.69) is 53.3 Å². The fraction of sp³-hybridized carbons (Fsp3) is 0.636. The molecule has 2 saturated heterocycles. The Hall–Kier alpha value is -1.31. The Morgan fingerprint density at radius 3 is 2.64 bits per heavy atom. The standard InChI is InChI=1S/C22H34N4O.HI/c1-17(2)13-18-10-12-26(15-18)22(23-3)24-14-19-7-4-5-8-20(19)16-25-11-6-9-21(25)27;/h4-5,7-8,17-18H,6,9-16H2,1-3H3,(H,23,24);1H. The molecule has 1 aromatic carbocycles. The van der Waals surface area contributed by atoms with E-state index in [1.807, 2.05) is 11.9 Å². The van der Waals surface area contributed by atoms with E-state index in [1.54, 1.807) is 0 Å². The quantitative estimate of drug-likeness (QED) is 0.368. The first-order valence-corrected chi connectivity index (χ1v) is 10.4. The van der Waals surface area contributed by atoms with E-state index >= 15 is 0 Å². The highest BCUT2D eigenvalue weighted by Crippen LogP contribution is 2.23. The second-order valence-corrected chi connectivity index (χ2v) is 8.32. The van der Waals surface area contributed by atoms with E-state index in [9.17, 15) is 4.79 Å². The van der Waals surface area contributed by atoms with Crippen LogP contribution in [-0.2, 0) is 17.9 Å². The lowest BCUT2D eigenvalue weighted by Crippen LogP contribution is -2.40. The zero-order valence-electron chi connectivity index (χ0n) is 17.5. The Kier molecular flexibility index (Phi) is 9.05. The van der Waals surface area contributed by atoms with E-state index in [0.717, 1.165) is 56.9 Å². The summed E-state index contributed by atoms with van der Waals surface area (Å²) in [6, 6.07) is 8.43. The summed E-state index contributed by atoms with van der Waals surface area (Å²) in [4.78, 5) is 20.8. The molecule has 1 atom stereocenters. The first-order chi connectivity index (χ1) is 13.1. The number of guanidine groups is 1. The average molecular weight is 498 g/mol. The van der Waals surface area contributed by atoms with Gasteiger partial charge in [0, 0.05) is 46.2 Å². The molecule has 156 valence electrons. The van der Waals surface area contributed by atoms with Gasteiger partial charge in [-0.1, -0.05) is 38.1 Å². The molecule has 3 rings (SSSR count). The van der Waals surface area contributed by atoms with Crippen molar-refractivity contribution in [2.45, 2.75) is 52.6 Å². The second kappa shape index (κ2) is 11.0. The summed E-state index contributed by atoms with van der Waals surface area (Å²) in [6.45, 7) is 9.14. The summed E-state index contributed by atoms with van der Waals surface area (Å²) in [7, 11) is 1.87. The minimum absolute atomic E-state index is 0. The average Bonchev–Trinajstić information content (AvgIpc) is 3.26. The number of aliphatic imine (C=N–C) groups is 1. The van der Waals surface area contributed by atoms with Crippen molar-refractivity contribution in [2.75, 3.05) is 26.7 Å². The molecule has 6 heteroatoms. The molecule has 1 unspecified atom stereocenters. The van der Waals surface area contributed by atoms with Crippen LogP contribution in [0.1, 0.15) is 50.7 Å². The molecule has 2 aliphatic rings. The van der Waals surface area contributed by atoms with Crippen molar-refractivity contribution in [2.24, 2.45) is 16.8 Å². The predicted molar refractivity (Wildman–Crippen MR) is 126 cm³/mol. The summed E-state index contributed by atoms with van der Waals surface area (Å²) in [5.41, 5.74) is 2.48. The summed E-state index contributed by atoms with van der Waals surface area (Å²) in [6.07, 6.45) is 4.23. The van der Waals surface area contributed by atoms with Crippen LogP contribution in [0.4, 0.5) is 0 Å². The summed E-state index contributed by atoms with van der Waals surface area (Å²) in [5.74, 6) is 2.80. The topological polar surface area (TPSA) is 47.9 Å². The van der Waals surface area contributed by atoms with Crippen molar-refractivity contribution in [3.05, 3.63) is 35.4 Å². The van der Waals surface area contributed by atoms with Gasteiger partial charge in [0.15, 0.2) is 5.96 Å². The van der Waals surface area contributed by atoms with Crippen LogP contribution in [0.2, 0.25) is 0 Å². The number of nitrogens with one attached hydrogen (secondary N) is 1. The van der Waals surface area contributed by atoms with Gasteiger partial charge in [-0.25, -0.2) is 0 Å². The Bertz CT molecular complexity index is 676. The number of hydrogen-bond acceptors (Lipinski definition) is 2. The molecular formula is C22H35IN4O. The normalized spacial score (nSPS) is 20.1. The van der Waals surface area contributed by atoms with E-state index in [0.29, 0.717) is 6.42 Å². The van der Waals surface area contributed by atoms with Crippen LogP contribution in [0, 0.1) is 11.8 Å². The minimum Gasteiger partial charge on any atom is -0.352 e. The highest BCUT2D eigenvalue weighted by Gasteiger charge is 2.25. The number of nitrogens with zero attached hydrogens (tertiary/aromatic N) is 3. The van der Waals surface area contributed by atoms with Crippen LogP contribution in [0.15, 0.2) is 29.3 Å². The maximum atomic E-state index is 12.0. The number of benzene rings is 1. The van der Waals surface area contributed by atoms with Crippen molar-refractivity contribution < 1.29 is 4.79 Å². The molecule has 2 aliphatic heterocycles. The number of amides is 1. The van der Waals surface area contributed by atoms with Gasteiger partial charge in [-0.2, -0.15) is 0 Å². The van der Waals surface area contributed by atoms with E-state index in [1.165, 1.54) is 24.0 Å². The largest absolute Gasteiger partial charge is 0.352 e. The monoisotopic (exact) mass is 498 g/mol. The van der Waals surface area contributed by atoms with Gasteiger partial charge in [0.2, 0.25) is 5.91 Å². The lowest BCUT2D eigenvalue weighted by atomic mass is 9.97. The zero-order chi connectivity index (χ0) is 19.2. The van der Waals surface area contributed by atoms with Gasteiger partial charge >= 0.3 is 0 Å². The van der Waals surface area contributed by atoms with Crippen molar-refractivity contribution in [3.8, 4) is 0 Å². The van der Waals surface area contributed by atoms with Crippen molar-refractivity contribution in [3.63, 3.8) is 0 Å². The van der Waals surface area contributed by atoms with Gasteiger partial charge in [-0.15, -0.1) is 24.0 Å². The number of carbonyl (C=O) groups is 1. The first-order valence-electron chi connectivity index (χ1n) is 10.4. The lowest BCUT2D eigenvalue weighted by molar-refractivity contribution is -0.128. The molecule has 2 fully saturated rings. The molecule has 0 aliphatic carbocycles. The molecule has 0 radical (unpaired) electrons. The number of halogens is 1. The third-order valence-corrected chi connectivity index (χ3v) is 5.69. The van der Waals surface area contributed by atoms with Crippen molar-refractivity contribution in [1.29, 1.82) is 0 Å². The number of likely N-dealkylation sites (tertiary alicyclic amines) is 2. The maximum absolute atomic E-state index is 12.0. The van der Waals surface area contributed by atoms with Gasteiger partial charge < -0.3 is 15.1 Å². The molecule has 1 amide bonds. The smallest absolute Gasteiger partial charge is 0.222 e. The molecule has 0 bridgehead atoms. The molecule has 28 heavy (non-hydrogen) atoms. The molecule has 0 saturated carbocycles. The third-order valence-electron chi connectivity index (χ3n) is 5.69. The highest BCUT2D eigenvalue weighted by atomic mass is 127. The summed E-state index contributed by atoms with van der Waals surface area (Å²) < 4.78 is 0. The van der Waals surface area contributed by atoms with Gasteiger partial charge in [-0.05, 0) is 42.2 Å². The summed E-state index contributed by atoms with van der Waals surface area (Å²) in [5, 5.41) is 3.55. The zero-order valence-corrected chi connectivity index (χ0v) is 19.8. The Morgan fingerprint density at radius 1 is 1.25 bits per heavy atom. The maximum Gasteiger partial charge on any atom is 0.222 e. The van der Waals surface area contributed by atoms with E-state index in [-0.39, 0.29) is 29.9 Å². The van der Waals surface area contributed by atoms with Crippen LogP contribution >= 0.6 is 24.0 Å². The molecule has 5 nitrogen and oxygen atoms in total. The van der Waals surface area contributed by atoms with Gasteiger partial charge in [-0.3, -0.25) is 9.79 Å². The number of hydrogen-bond donors (Lipinski definition) is 1. The second-order valence-electron chi connectivity index (χ2n) is 8.32. The lowest BCUT2D eigenvalue weighted by Gasteiger charge is -2.23. The highest BCUT2D eigenvalue weighted by molar-refractivity contribution is 14.0. The van der Waals surface area contributed by atoms with Crippen LogP contribution in [0.3, 0.4) is 0 Å². The molecule has 2 heterocycles. The fourth-order valence-corrected chi connectivity index (χ4v) is 4.35. The van der Waals surface area contributed by atoms with Crippen LogP contribution in [0.5, 0.6) is 0 Å². The third kappa shape index (κ3) is 6.09. The predicted octanol–water partition coefficient (Wildman–Crippen LogP) is 3.87. The van der Waals surface area contributed by atoms with Gasteiger partial charge in [0.1, 0.15) is 0 Å². The number of rotatable bonds is 6. The molecule has 0 spiro atoms. The SMILES string of the molecule is CN=C(NCc1ccccc1CN1CCCC1=O)N1CCC(CC(C)C)C1.I. The fourth-order valence-electron chi connectivity index (χ4n) is 4.35. The van der Waals surface area contributed by atoms with Crippen molar-refractivity contribution in [1.82, 2.24) is 15.1 Å². The molecule has 1 N–H and O–H groups in total. The first kappa shape index (κ1) is 23.0. The molecular weight excluding hydrogens is 463 g/mol. The van der Waals surface area contributed by atoms with Gasteiger partial charge in [0.05, 0.1) is 0 Å². The van der Waals surface area contributed by atoms with Crippen LogP contribution in [0.25, 0.3) is 0 Å². The van der Waals surface area contributed by atoms with E-state index < -0.39 is 0 Å². The molecule has 0 aromatic heterocycles. The van der Waals surface area contributed by atoms with E-state index in [4.69, 9.17) is 0 Å². The number of carbonyl (C=O) groups excluding carboxylic acids is 1. The van der Waals surface area contributed by atoms with Crippen LogP contribution < -0.4 is 5.32 Å². The molecule has 1 aromatic rings. The van der Waals surface area contributed by atoms with Gasteiger partial charge in [0.25, 0.3) is 0 Å². The Balaban J connectivity index is 0.00000280. The summed E-state index contributed by atoms with van der Waals surface area (Å²) >= 11 is 0. The van der Waals surface area contributed by atoms with Crippen molar-refractivity contribution >= 4 is 35.8 Å². The Labute approximate surface area is 187 Å². The Morgan fingerprint density at radius 2 is 2.00 bits per heavy atom. The minimum atomic E-state index is 0.